The third-order valence-electron chi connectivity index (χ3n) is 3.27. The molecule has 0 fully saturated rings. The van der Waals surface area contributed by atoms with Gasteiger partial charge in [0.05, 0.1) is 24.1 Å². The SMILES string of the molecule is O=C(NCc1ccco1)c1ccccc1NSc1ccc(Br)cc1. The summed E-state index contributed by atoms with van der Waals surface area (Å²) >= 11 is 4.88. The lowest BCUT2D eigenvalue weighted by molar-refractivity contribution is 0.0949. The standard InChI is InChI=1S/C18H15BrN2O2S/c19-13-7-9-15(10-8-13)24-21-17-6-2-1-5-16(17)18(22)20-12-14-4-3-11-23-14/h1-11,21H,12H2,(H,20,22). The van der Waals surface area contributed by atoms with Crippen molar-refractivity contribution in [2.75, 3.05) is 4.72 Å². The van der Waals surface area contributed by atoms with E-state index in [-0.39, 0.29) is 5.91 Å². The lowest BCUT2D eigenvalue weighted by Gasteiger charge is -2.11. The van der Waals surface area contributed by atoms with Gasteiger partial charge in [0.2, 0.25) is 0 Å². The minimum Gasteiger partial charge on any atom is -0.467 e. The Kier molecular flexibility index (Phi) is 5.61. The van der Waals surface area contributed by atoms with Crippen LogP contribution in [0.4, 0.5) is 5.69 Å². The molecule has 1 amide bonds. The van der Waals surface area contributed by atoms with Gasteiger partial charge in [0.15, 0.2) is 0 Å². The number of hydrogen-bond donors (Lipinski definition) is 2. The van der Waals surface area contributed by atoms with E-state index in [1.807, 2.05) is 48.5 Å². The van der Waals surface area contributed by atoms with Crippen LogP contribution >= 0.6 is 27.9 Å². The van der Waals surface area contributed by atoms with Gasteiger partial charge in [-0.25, -0.2) is 0 Å². The number of benzene rings is 2. The Balaban J connectivity index is 1.65. The van der Waals surface area contributed by atoms with E-state index in [1.54, 1.807) is 18.4 Å². The molecular weight excluding hydrogens is 388 g/mol. The van der Waals surface area contributed by atoms with E-state index in [0.717, 1.165) is 20.8 Å². The highest BCUT2D eigenvalue weighted by atomic mass is 79.9. The van der Waals surface area contributed by atoms with Crippen LogP contribution in [-0.2, 0) is 6.54 Å². The zero-order valence-corrected chi connectivity index (χ0v) is 15.1. The van der Waals surface area contributed by atoms with E-state index in [9.17, 15) is 4.79 Å². The van der Waals surface area contributed by atoms with Crippen molar-refractivity contribution in [2.24, 2.45) is 0 Å². The molecular formula is C18H15BrN2O2S. The van der Waals surface area contributed by atoms with Crippen LogP contribution in [-0.4, -0.2) is 5.91 Å². The first-order chi connectivity index (χ1) is 11.7. The average molecular weight is 403 g/mol. The molecule has 122 valence electrons. The summed E-state index contributed by atoms with van der Waals surface area (Å²) in [6.07, 6.45) is 1.59. The Morgan fingerprint density at radius 1 is 1.04 bits per heavy atom. The summed E-state index contributed by atoms with van der Waals surface area (Å²) in [5.74, 6) is 0.573. The fourth-order valence-corrected chi connectivity index (χ4v) is 3.00. The monoisotopic (exact) mass is 402 g/mol. The number of para-hydroxylation sites is 1. The predicted octanol–water partition coefficient (Wildman–Crippen LogP) is 5.09. The summed E-state index contributed by atoms with van der Waals surface area (Å²) < 4.78 is 9.50. The maximum Gasteiger partial charge on any atom is 0.253 e. The van der Waals surface area contributed by atoms with Crippen molar-refractivity contribution in [2.45, 2.75) is 11.4 Å². The Morgan fingerprint density at radius 3 is 2.58 bits per heavy atom. The number of hydrogen-bond acceptors (Lipinski definition) is 4. The third-order valence-corrected chi connectivity index (χ3v) is 4.63. The number of nitrogens with one attached hydrogen (secondary N) is 2. The molecule has 0 atom stereocenters. The fraction of sp³-hybridized carbons (Fsp3) is 0.0556. The van der Waals surface area contributed by atoms with Gasteiger partial charge in [0.25, 0.3) is 5.91 Å². The summed E-state index contributed by atoms with van der Waals surface area (Å²) in [7, 11) is 0. The maximum atomic E-state index is 12.4. The number of amides is 1. The van der Waals surface area contributed by atoms with Crippen LogP contribution in [0.3, 0.4) is 0 Å². The molecule has 0 spiro atoms. The fourth-order valence-electron chi connectivity index (χ4n) is 2.06. The normalized spacial score (nSPS) is 10.4. The zero-order chi connectivity index (χ0) is 16.8. The molecule has 0 aliphatic carbocycles. The van der Waals surface area contributed by atoms with Crippen molar-refractivity contribution in [3.05, 3.63) is 82.7 Å². The molecule has 0 saturated heterocycles. The van der Waals surface area contributed by atoms with Gasteiger partial charge in [0, 0.05) is 9.37 Å². The molecule has 4 nitrogen and oxygen atoms in total. The molecule has 1 heterocycles. The number of halogens is 1. The Morgan fingerprint density at radius 2 is 1.83 bits per heavy atom. The first-order valence-corrected chi connectivity index (χ1v) is 8.91. The minimum atomic E-state index is -0.147. The molecule has 3 rings (SSSR count). The van der Waals surface area contributed by atoms with Gasteiger partial charge < -0.3 is 14.5 Å². The lowest BCUT2D eigenvalue weighted by Crippen LogP contribution is -2.23. The van der Waals surface area contributed by atoms with E-state index in [4.69, 9.17) is 4.42 Å². The molecule has 1 aromatic heterocycles. The van der Waals surface area contributed by atoms with Gasteiger partial charge in [-0.2, -0.15) is 0 Å². The van der Waals surface area contributed by atoms with Crippen LogP contribution in [0.5, 0.6) is 0 Å². The Bertz CT molecular complexity index is 804. The van der Waals surface area contributed by atoms with E-state index < -0.39 is 0 Å². The smallest absolute Gasteiger partial charge is 0.253 e. The van der Waals surface area contributed by atoms with Crippen LogP contribution in [0.2, 0.25) is 0 Å². The molecule has 0 aliphatic heterocycles. The second-order valence-corrected chi connectivity index (χ2v) is 6.76. The van der Waals surface area contributed by atoms with Gasteiger partial charge in [-0.1, -0.05) is 28.1 Å². The third kappa shape index (κ3) is 4.43. The Hall–Kier alpha value is -2.18. The Labute approximate surface area is 152 Å². The van der Waals surface area contributed by atoms with Crippen molar-refractivity contribution < 1.29 is 9.21 Å². The summed E-state index contributed by atoms with van der Waals surface area (Å²) in [5, 5.41) is 2.86. The number of rotatable bonds is 6. The largest absolute Gasteiger partial charge is 0.467 e. The van der Waals surface area contributed by atoms with Crippen LogP contribution in [0.25, 0.3) is 0 Å². The van der Waals surface area contributed by atoms with Gasteiger partial charge in [-0.05, 0) is 60.5 Å². The second kappa shape index (κ2) is 8.08. The first-order valence-electron chi connectivity index (χ1n) is 7.30. The van der Waals surface area contributed by atoms with Crippen LogP contribution in [0.15, 0.2) is 80.7 Å². The molecule has 2 aromatic carbocycles. The molecule has 0 bridgehead atoms. The highest BCUT2D eigenvalue weighted by Gasteiger charge is 2.11. The molecule has 6 heteroatoms. The van der Waals surface area contributed by atoms with E-state index in [1.165, 1.54) is 11.9 Å². The van der Waals surface area contributed by atoms with Crippen molar-refractivity contribution in [3.63, 3.8) is 0 Å². The van der Waals surface area contributed by atoms with Gasteiger partial charge in [-0.3, -0.25) is 4.79 Å². The van der Waals surface area contributed by atoms with Crippen LogP contribution in [0.1, 0.15) is 16.1 Å². The predicted molar refractivity (Wildman–Crippen MR) is 99.9 cm³/mol. The molecule has 2 N–H and O–H groups in total. The summed E-state index contributed by atoms with van der Waals surface area (Å²) in [4.78, 5) is 13.5. The van der Waals surface area contributed by atoms with Crippen LogP contribution in [0, 0.1) is 0 Å². The zero-order valence-electron chi connectivity index (χ0n) is 12.7. The molecule has 0 radical (unpaired) electrons. The van der Waals surface area contributed by atoms with Gasteiger partial charge in [0.1, 0.15) is 5.76 Å². The summed E-state index contributed by atoms with van der Waals surface area (Å²) in [6.45, 7) is 0.361. The second-order valence-electron chi connectivity index (χ2n) is 4.97. The van der Waals surface area contributed by atoms with Crippen molar-refractivity contribution in [1.82, 2.24) is 5.32 Å². The maximum absolute atomic E-state index is 12.4. The summed E-state index contributed by atoms with van der Waals surface area (Å²) in [6, 6.07) is 19.0. The van der Waals surface area contributed by atoms with E-state index in [0.29, 0.717) is 12.1 Å². The lowest BCUT2D eigenvalue weighted by atomic mass is 10.1. The van der Waals surface area contributed by atoms with Crippen molar-refractivity contribution in [3.8, 4) is 0 Å². The summed E-state index contributed by atoms with van der Waals surface area (Å²) in [5.41, 5.74) is 1.36. The quantitative estimate of drug-likeness (QED) is 0.563. The average Bonchev–Trinajstić information content (AvgIpc) is 3.13. The minimum absolute atomic E-state index is 0.147. The van der Waals surface area contributed by atoms with Crippen molar-refractivity contribution in [1.29, 1.82) is 0 Å². The number of anilines is 1. The van der Waals surface area contributed by atoms with E-state index in [2.05, 4.69) is 26.0 Å². The first kappa shape index (κ1) is 16.7. The number of furan rings is 1. The highest BCUT2D eigenvalue weighted by molar-refractivity contribution is 9.10. The molecule has 3 aromatic rings. The highest BCUT2D eigenvalue weighted by Crippen LogP contribution is 2.25. The molecule has 0 unspecified atom stereocenters. The van der Waals surface area contributed by atoms with Gasteiger partial charge >= 0.3 is 0 Å². The molecule has 0 aliphatic rings. The molecule has 24 heavy (non-hydrogen) atoms. The number of carbonyl (C=O) groups is 1. The van der Waals surface area contributed by atoms with Crippen molar-refractivity contribution >= 4 is 39.5 Å². The van der Waals surface area contributed by atoms with Gasteiger partial charge in [-0.15, -0.1) is 0 Å². The molecule has 0 saturated carbocycles. The topological polar surface area (TPSA) is 54.3 Å². The van der Waals surface area contributed by atoms with E-state index >= 15 is 0 Å². The van der Waals surface area contributed by atoms with Crippen LogP contribution < -0.4 is 10.0 Å². The number of carbonyl (C=O) groups excluding carboxylic acids is 1.